The van der Waals surface area contributed by atoms with Crippen molar-refractivity contribution in [1.82, 2.24) is 4.90 Å². The lowest BCUT2D eigenvalue weighted by atomic mass is 10.1. The van der Waals surface area contributed by atoms with Crippen LogP contribution in [-0.4, -0.2) is 22.2 Å². The minimum absolute atomic E-state index is 0.248. The summed E-state index contributed by atoms with van der Waals surface area (Å²) >= 11 is 3.48. The Kier molecular flexibility index (Phi) is 3.10. The molecule has 0 saturated carbocycles. The van der Waals surface area contributed by atoms with Crippen LogP contribution in [0.15, 0.2) is 24.3 Å². The first-order valence-corrected chi connectivity index (χ1v) is 6.04. The Hall–Kier alpha value is -0.830. The van der Waals surface area contributed by atoms with Gasteiger partial charge < -0.3 is 4.90 Å². The van der Waals surface area contributed by atoms with Crippen LogP contribution in [0, 0.1) is 6.92 Å². The molecular formula is C12H14BrNO. The van der Waals surface area contributed by atoms with Crippen LogP contribution < -0.4 is 0 Å². The number of amides is 1. The first-order valence-electron chi connectivity index (χ1n) is 5.12. The highest BCUT2D eigenvalue weighted by molar-refractivity contribution is 9.09. The van der Waals surface area contributed by atoms with Crippen molar-refractivity contribution in [3.63, 3.8) is 0 Å². The smallest absolute Gasteiger partial charge is 0.224 e. The van der Waals surface area contributed by atoms with Crippen molar-refractivity contribution in [2.75, 3.05) is 6.54 Å². The number of halogens is 1. The molecule has 3 heteroatoms. The maximum Gasteiger partial charge on any atom is 0.224 e. The van der Waals surface area contributed by atoms with Gasteiger partial charge in [-0.1, -0.05) is 45.8 Å². The highest BCUT2D eigenvalue weighted by atomic mass is 79.9. The van der Waals surface area contributed by atoms with Gasteiger partial charge in [0.15, 0.2) is 0 Å². The Bertz CT molecular complexity index is 360. The van der Waals surface area contributed by atoms with Crippen LogP contribution >= 0.6 is 15.9 Å². The van der Waals surface area contributed by atoms with Crippen molar-refractivity contribution in [1.29, 1.82) is 0 Å². The molecular weight excluding hydrogens is 254 g/mol. The van der Waals surface area contributed by atoms with Crippen LogP contribution in [0.2, 0.25) is 0 Å². The van der Waals surface area contributed by atoms with E-state index in [0.29, 0.717) is 11.2 Å². The van der Waals surface area contributed by atoms with Crippen molar-refractivity contribution >= 4 is 21.8 Å². The van der Waals surface area contributed by atoms with E-state index in [0.717, 1.165) is 13.1 Å². The van der Waals surface area contributed by atoms with E-state index in [-0.39, 0.29) is 5.91 Å². The van der Waals surface area contributed by atoms with Gasteiger partial charge in [-0.3, -0.25) is 4.79 Å². The minimum atomic E-state index is 0.248. The van der Waals surface area contributed by atoms with E-state index in [4.69, 9.17) is 0 Å². The second-order valence-electron chi connectivity index (χ2n) is 4.06. The summed E-state index contributed by atoms with van der Waals surface area (Å²) in [6.45, 7) is 3.63. The van der Waals surface area contributed by atoms with Crippen molar-refractivity contribution < 1.29 is 4.79 Å². The second kappa shape index (κ2) is 4.35. The fraction of sp³-hybridized carbons (Fsp3) is 0.417. The highest BCUT2D eigenvalue weighted by Crippen LogP contribution is 2.20. The van der Waals surface area contributed by atoms with E-state index in [2.05, 4.69) is 47.1 Å². The molecule has 1 fully saturated rings. The van der Waals surface area contributed by atoms with E-state index in [1.807, 2.05) is 4.90 Å². The van der Waals surface area contributed by atoms with Gasteiger partial charge in [-0.2, -0.15) is 0 Å². The number of benzene rings is 1. The Morgan fingerprint density at radius 2 is 2.07 bits per heavy atom. The summed E-state index contributed by atoms with van der Waals surface area (Å²) in [5.74, 6) is 0.248. The summed E-state index contributed by atoms with van der Waals surface area (Å²) < 4.78 is 0. The molecule has 0 bridgehead atoms. The normalized spacial score (nSPS) is 21.1. The monoisotopic (exact) mass is 267 g/mol. The van der Waals surface area contributed by atoms with Crippen LogP contribution in [0.4, 0.5) is 0 Å². The van der Waals surface area contributed by atoms with Gasteiger partial charge >= 0.3 is 0 Å². The Labute approximate surface area is 98.4 Å². The van der Waals surface area contributed by atoms with Gasteiger partial charge in [-0.25, -0.2) is 0 Å². The topological polar surface area (TPSA) is 20.3 Å². The van der Waals surface area contributed by atoms with Crippen molar-refractivity contribution in [3.05, 3.63) is 35.4 Å². The molecule has 0 aliphatic carbocycles. The predicted octanol–water partition coefficient (Wildman–Crippen LogP) is 2.49. The number of carbonyl (C=O) groups excluding carboxylic acids is 1. The van der Waals surface area contributed by atoms with E-state index >= 15 is 0 Å². The molecule has 15 heavy (non-hydrogen) atoms. The third-order valence-corrected chi connectivity index (χ3v) is 3.27. The van der Waals surface area contributed by atoms with E-state index in [1.165, 1.54) is 11.1 Å². The molecule has 1 aromatic carbocycles. The number of aryl methyl sites for hydroxylation is 1. The van der Waals surface area contributed by atoms with Gasteiger partial charge in [0.2, 0.25) is 5.91 Å². The zero-order chi connectivity index (χ0) is 10.8. The van der Waals surface area contributed by atoms with Crippen molar-refractivity contribution in [2.45, 2.75) is 24.7 Å². The van der Waals surface area contributed by atoms with Crippen molar-refractivity contribution in [3.8, 4) is 0 Å². The standard InChI is InChI=1S/C12H14BrNO/c1-9-2-4-10(5-3-9)7-14-8-11(13)6-12(14)15/h2-5,11H,6-8H2,1H3. The molecule has 1 aromatic rings. The van der Waals surface area contributed by atoms with Crippen LogP contribution in [0.3, 0.4) is 0 Å². The Morgan fingerprint density at radius 3 is 2.60 bits per heavy atom. The summed E-state index contributed by atoms with van der Waals surface area (Å²) in [4.78, 5) is 13.8. The first-order chi connectivity index (χ1) is 7.15. The largest absolute Gasteiger partial charge is 0.337 e. The maximum absolute atomic E-state index is 11.6. The van der Waals surface area contributed by atoms with Crippen LogP contribution in [0.25, 0.3) is 0 Å². The quantitative estimate of drug-likeness (QED) is 0.755. The number of carbonyl (C=O) groups is 1. The molecule has 0 N–H and O–H groups in total. The second-order valence-corrected chi connectivity index (χ2v) is 5.36. The van der Waals surface area contributed by atoms with E-state index < -0.39 is 0 Å². The molecule has 0 spiro atoms. The van der Waals surface area contributed by atoms with Gasteiger partial charge in [0, 0.05) is 24.3 Å². The van der Waals surface area contributed by atoms with Crippen LogP contribution in [0.5, 0.6) is 0 Å². The third kappa shape index (κ3) is 2.59. The molecule has 2 nitrogen and oxygen atoms in total. The molecule has 1 aliphatic heterocycles. The Morgan fingerprint density at radius 1 is 1.40 bits per heavy atom. The van der Waals surface area contributed by atoms with Gasteiger partial charge in [0.05, 0.1) is 0 Å². The SMILES string of the molecule is Cc1ccc(CN2CC(Br)CC2=O)cc1. The van der Waals surface area contributed by atoms with Crippen molar-refractivity contribution in [2.24, 2.45) is 0 Å². The Balaban J connectivity index is 2.03. The summed E-state index contributed by atoms with van der Waals surface area (Å²) in [5.41, 5.74) is 2.46. The summed E-state index contributed by atoms with van der Waals surface area (Å²) in [7, 11) is 0. The molecule has 1 unspecified atom stereocenters. The van der Waals surface area contributed by atoms with E-state index in [1.54, 1.807) is 0 Å². The molecule has 1 saturated heterocycles. The number of hydrogen-bond acceptors (Lipinski definition) is 1. The molecule has 0 radical (unpaired) electrons. The zero-order valence-corrected chi connectivity index (χ0v) is 10.3. The lowest BCUT2D eigenvalue weighted by molar-refractivity contribution is -0.128. The number of alkyl halides is 1. The molecule has 1 heterocycles. The van der Waals surface area contributed by atoms with Gasteiger partial charge in [-0.15, -0.1) is 0 Å². The lowest BCUT2D eigenvalue weighted by Gasteiger charge is -2.15. The van der Waals surface area contributed by atoms with Crippen LogP contribution in [-0.2, 0) is 11.3 Å². The van der Waals surface area contributed by atoms with Gasteiger partial charge in [0.1, 0.15) is 0 Å². The number of nitrogens with zero attached hydrogens (tertiary/aromatic N) is 1. The molecule has 1 atom stereocenters. The van der Waals surface area contributed by atoms with Gasteiger partial charge in [-0.05, 0) is 12.5 Å². The summed E-state index contributed by atoms with van der Waals surface area (Å²) in [6.07, 6.45) is 0.631. The molecule has 2 rings (SSSR count). The molecule has 0 aromatic heterocycles. The summed E-state index contributed by atoms with van der Waals surface area (Å²) in [6, 6.07) is 8.34. The highest BCUT2D eigenvalue weighted by Gasteiger charge is 2.27. The number of likely N-dealkylation sites (tertiary alicyclic amines) is 1. The number of hydrogen-bond donors (Lipinski definition) is 0. The molecule has 1 aliphatic rings. The zero-order valence-electron chi connectivity index (χ0n) is 8.74. The van der Waals surface area contributed by atoms with E-state index in [9.17, 15) is 4.79 Å². The minimum Gasteiger partial charge on any atom is -0.337 e. The fourth-order valence-corrected chi connectivity index (χ4v) is 2.42. The molecule has 80 valence electrons. The third-order valence-electron chi connectivity index (χ3n) is 2.66. The average molecular weight is 268 g/mol. The number of rotatable bonds is 2. The van der Waals surface area contributed by atoms with Gasteiger partial charge in [0.25, 0.3) is 0 Å². The lowest BCUT2D eigenvalue weighted by Crippen LogP contribution is -2.24. The predicted molar refractivity (Wildman–Crippen MR) is 63.9 cm³/mol. The molecule has 1 amide bonds. The fourth-order valence-electron chi connectivity index (χ4n) is 1.79. The van der Waals surface area contributed by atoms with Crippen LogP contribution in [0.1, 0.15) is 17.5 Å². The average Bonchev–Trinajstić information content (AvgIpc) is 2.49. The summed E-state index contributed by atoms with van der Waals surface area (Å²) in [5, 5.41) is 0. The maximum atomic E-state index is 11.6. The first kappa shape index (κ1) is 10.7.